The second-order valence-corrected chi connectivity index (χ2v) is 9.39. The average Bonchev–Trinajstić information content (AvgIpc) is 1.94. The number of hydrogen-bond acceptors (Lipinski definition) is 1. The van der Waals surface area contributed by atoms with E-state index in [4.69, 9.17) is 4.74 Å². The van der Waals surface area contributed by atoms with Crippen LogP contribution in [0.5, 0.6) is 0 Å². The number of hydrogen-bond donors (Lipinski definition) is 0. The minimum Gasteiger partial charge on any atom is -0.493 e. The zero-order valence-electron chi connectivity index (χ0n) is 9.45. The van der Waals surface area contributed by atoms with Crippen LogP contribution in [0.2, 0.25) is 19.6 Å². The van der Waals surface area contributed by atoms with E-state index in [0.29, 0.717) is 0 Å². The lowest BCUT2D eigenvalue weighted by molar-refractivity contribution is 0.235. The molecule has 0 aliphatic carbocycles. The highest BCUT2D eigenvalue weighted by Gasteiger charge is 2.26. The zero-order valence-corrected chi connectivity index (χ0v) is 10.4. The lowest BCUT2D eigenvalue weighted by Crippen LogP contribution is -2.26. The Bertz CT molecular complexity index is 243. The smallest absolute Gasteiger partial charge is 0.302 e. The van der Waals surface area contributed by atoms with Crippen LogP contribution in [-0.2, 0) is 4.74 Å². The molecule has 0 rings (SSSR count). The molecule has 0 unspecified atom stereocenters. The highest BCUT2D eigenvalue weighted by molar-refractivity contribution is 6.82. The molecule has 0 atom stereocenters. The molecule has 82 valence electrons. The highest BCUT2D eigenvalue weighted by atomic mass is 28.3. The molecule has 0 N–H and O–H groups in total. The van der Waals surface area contributed by atoms with E-state index in [9.17, 15) is 8.78 Å². The molecule has 0 radical (unpaired) electrons. The maximum Gasteiger partial charge on any atom is 0.302 e. The Balaban J connectivity index is 4.45. The summed E-state index contributed by atoms with van der Waals surface area (Å²) in [5.74, 6) is 0. The predicted molar refractivity (Wildman–Crippen MR) is 58.0 cm³/mol. The van der Waals surface area contributed by atoms with Gasteiger partial charge < -0.3 is 4.74 Å². The van der Waals surface area contributed by atoms with Crippen LogP contribution in [0, 0.1) is 0 Å². The van der Waals surface area contributed by atoms with E-state index in [1.54, 1.807) is 6.08 Å². The van der Waals surface area contributed by atoms with E-state index in [0.717, 1.165) is 5.57 Å². The highest BCUT2D eigenvalue weighted by Crippen LogP contribution is 2.21. The number of halogens is 2. The van der Waals surface area contributed by atoms with E-state index in [1.807, 2.05) is 33.5 Å². The van der Waals surface area contributed by atoms with Gasteiger partial charge in [0.25, 0.3) is 0 Å². The molecule has 0 heterocycles. The lowest BCUT2D eigenvalue weighted by Gasteiger charge is -2.19. The fourth-order valence-electron chi connectivity index (χ4n) is 0.846. The van der Waals surface area contributed by atoms with E-state index in [1.165, 1.54) is 0 Å². The van der Waals surface area contributed by atoms with Gasteiger partial charge in [0.15, 0.2) is 0 Å². The largest absolute Gasteiger partial charge is 0.493 e. The summed E-state index contributed by atoms with van der Waals surface area (Å²) in [4.78, 5) is 0. The molecule has 0 spiro atoms. The standard InChI is InChI=1S/C10H18F2OSi/c1-8(2)6-7-13-10(9(11)12)14(3,4)5/h6H,7H2,1-5H3. The fourth-order valence-corrected chi connectivity index (χ4v) is 1.93. The fraction of sp³-hybridized carbons (Fsp3) is 0.600. The van der Waals surface area contributed by atoms with Crippen molar-refractivity contribution in [1.82, 2.24) is 0 Å². The maximum atomic E-state index is 12.5. The van der Waals surface area contributed by atoms with Gasteiger partial charge in [0.05, 0.1) is 0 Å². The van der Waals surface area contributed by atoms with Crippen LogP contribution >= 0.6 is 0 Å². The Labute approximate surface area is 85.5 Å². The first-order chi connectivity index (χ1) is 6.25. The molecular formula is C10H18F2OSi. The summed E-state index contributed by atoms with van der Waals surface area (Å²) < 4.78 is 30.1. The van der Waals surface area contributed by atoms with E-state index < -0.39 is 14.2 Å². The van der Waals surface area contributed by atoms with Crippen LogP contribution in [0.15, 0.2) is 23.1 Å². The summed E-state index contributed by atoms with van der Waals surface area (Å²) in [6.07, 6.45) is 0.120. The first kappa shape index (κ1) is 13.4. The minimum atomic E-state index is -2.04. The van der Waals surface area contributed by atoms with Gasteiger partial charge in [0.1, 0.15) is 20.1 Å². The molecule has 0 amide bonds. The van der Waals surface area contributed by atoms with Gasteiger partial charge in [0.2, 0.25) is 0 Å². The Morgan fingerprint density at radius 1 is 1.21 bits per heavy atom. The summed E-state index contributed by atoms with van der Waals surface area (Å²) in [6.45, 7) is 9.57. The third-order valence-electron chi connectivity index (χ3n) is 1.57. The van der Waals surface area contributed by atoms with Crippen LogP contribution in [0.1, 0.15) is 13.8 Å². The molecule has 0 aromatic heterocycles. The second kappa shape index (κ2) is 5.29. The molecular weight excluding hydrogens is 202 g/mol. The van der Waals surface area contributed by atoms with Gasteiger partial charge in [-0.2, -0.15) is 8.78 Å². The Morgan fingerprint density at radius 3 is 2.00 bits per heavy atom. The molecule has 0 bridgehead atoms. The Morgan fingerprint density at radius 2 is 1.71 bits per heavy atom. The van der Waals surface area contributed by atoms with Crippen molar-refractivity contribution in [3.05, 3.63) is 23.1 Å². The van der Waals surface area contributed by atoms with E-state index >= 15 is 0 Å². The molecule has 1 nitrogen and oxygen atoms in total. The molecule has 14 heavy (non-hydrogen) atoms. The van der Waals surface area contributed by atoms with Crippen LogP contribution in [0.3, 0.4) is 0 Å². The normalized spacial score (nSPS) is 10.8. The summed E-state index contributed by atoms with van der Waals surface area (Å²) in [6, 6.07) is 0. The monoisotopic (exact) mass is 220 g/mol. The summed E-state index contributed by atoms with van der Waals surface area (Å²) in [7, 11) is -2.04. The van der Waals surface area contributed by atoms with Crippen molar-refractivity contribution < 1.29 is 13.5 Å². The quantitative estimate of drug-likeness (QED) is 0.396. The van der Waals surface area contributed by atoms with Crippen molar-refractivity contribution in [3.8, 4) is 0 Å². The number of allylic oxidation sites excluding steroid dienone is 1. The molecule has 0 saturated carbocycles. The second-order valence-electron chi connectivity index (χ2n) is 4.43. The molecule has 0 saturated heterocycles. The van der Waals surface area contributed by atoms with Crippen LogP contribution in [0.25, 0.3) is 0 Å². The topological polar surface area (TPSA) is 9.23 Å². The summed E-state index contributed by atoms with van der Waals surface area (Å²) >= 11 is 0. The van der Waals surface area contributed by atoms with Gasteiger partial charge in [0, 0.05) is 0 Å². The van der Waals surface area contributed by atoms with Gasteiger partial charge in [-0.05, 0) is 19.9 Å². The molecule has 0 aliphatic heterocycles. The van der Waals surface area contributed by atoms with Crippen molar-refractivity contribution in [1.29, 1.82) is 0 Å². The molecule has 0 aromatic carbocycles. The number of ether oxygens (including phenoxy) is 1. The van der Waals surface area contributed by atoms with Gasteiger partial charge in [-0.15, -0.1) is 0 Å². The zero-order chi connectivity index (χ0) is 11.4. The molecule has 0 aliphatic rings. The summed E-state index contributed by atoms with van der Waals surface area (Å²) in [5, 5.41) is -0.0880. The van der Waals surface area contributed by atoms with Crippen LogP contribution < -0.4 is 0 Å². The van der Waals surface area contributed by atoms with Crippen molar-refractivity contribution in [2.45, 2.75) is 33.5 Å². The SMILES string of the molecule is CC(C)=CCOC(=C(F)F)[Si](C)(C)C. The van der Waals surface area contributed by atoms with E-state index in [2.05, 4.69) is 0 Å². The molecule has 0 fully saturated rings. The molecule has 0 aromatic rings. The molecule has 4 heteroatoms. The first-order valence-electron chi connectivity index (χ1n) is 4.57. The van der Waals surface area contributed by atoms with E-state index in [-0.39, 0.29) is 12.0 Å². The van der Waals surface area contributed by atoms with Crippen molar-refractivity contribution >= 4 is 8.07 Å². The van der Waals surface area contributed by atoms with Gasteiger partial charge in [-0.3, -0.25) is 0 Å². The third-order valence-corrected chi connectivity index (χ3v) is 3.27. The van der Waals surface area contributed by atoms with Crippen molar-refractivity contribution in [2.75, 3.05) is 6.61 Å². The van der Waals surface area contributed by atoms with Gasteiger partial charge in [-0.1, -0.05) is 25.2 Å². The minimum absolute atomic E-state index is 0.0880. The van der Waals surface area contributed by atoms with Crippen molar-refractivity contribution in [3.63, 3.8) is 0 Å². The Kier molecular flexibility index (Phi) is 5.05. The Hall–Kier alpha value is -0.643. The van der Waals surface area contributed by atoms with Crippen LogP contribution in [0.4, 0.5) is 8.78 Å². The number of rotatable bonds is 4. The van der Waals surface area contributed by atoms with Gasteiger partial charge >= 0.3 is 6.08 Å². The van der Waals surface area contributed by atoms with Crippen LogP contribution in [-0.4, -0.2) is 14.7 Å². The third kappa shape index (κ3) is 5.17. The predicted octanol–water partition coefficient (Wildman–Crippen LogP) is 3.95. The first-order valence-corrected chi connectivity index (χ1v) is 8.07. The maximum absolute atomic E-state index is 12.5. The summed E-state index contributed by atoms with van der Waals surface area (Å²) in [5.41, 5.74) is 1.07. The van der Waals surface area contributed by atoms with Crippen molar-refractivity contribution in [2.24, 2.45) is 0 Å². The van der Waals surface area contributed by atoms with Gasteiger partial charge in [-0.25, -0.2) is 0 Å². The average molecular weight is 220 g/mol. The lowest BCUT2D eigenvalue weighted by atomic mass is 10.3.